The number of methoxy groups -OCH3 is 2. The van der Waals surface area contributed by atoms with Crippen molar-refractivity contribution in [1.82, 2.24) is 0 Å². The van der Waals surface area contributed by atoms with Crippen molar-refractivity contribution in [2.75, 3.05) is 14.2 Å². The highest BCUT2D eigenvalue weighted by Gasteiger charge is 2.13. The second-order valence-corrected chi connectivity index (χ2v) is 3.67. The third-order valence-electron chi connectivity index (χ3n) is 2.17. The van der Waals surface area contributed by atoms with E-state index >= 15 is 0 Å². The average Bonchev–Trinajstić information content (AvgIpc) is 2.21. The molecule has 1 unspecified atom stereocenters. The topological polar surface area (TPSA) is 38.7 Å². The third-order valence-corrected chi connectivity index (χ3v) is 2.51. The molecule has 0 aliphatic heterocycles. The molecular weight excluding hydrogens is 216 g/mol. The minimum Gasteiger partial charge on any atom is -0.389 e. The fourth-order valence-corrected chi connectivity index (χ4v) is 1.67. The molecule has 1 aromatic rings. The molecule has 0 bridgehead atoms. The van der Waals surface area contributed by atoms with Gasteiger partial charge in [-0.05, 0) is 24.6 Å². The van der Waals surface area contributed by atoms with Gasteiger partial charge < -0.3 is 14.6 Å². The van der Waals surface area contributed by atoms with Crippen molar-refractivity contribution in [2.24, 2.45) is 0 Å². The van der Waals surface area contributed by atoms with Crippen LogP contribution in [0.2, 0.25) is 5.02 Å². The van der Waals surface area contributed by atoms with Crippen LogP contribution in [0, 0.1) is 0 Å². The summed E-state index contributed by atoms with van der Waals surface area (Å²) in [5.74, 6) is 0. The molecule has 0 spiro atoms. The molecule has 1 N–H and O–H groups in total. The van der Waals surface area contributed by atoms with Gasteiger partial charge in [-0.1, -0.05) is 17.7 Å². The fraction of sp³-hybridized carbons (Fsp3) is 0.455. The molecule has 4 heteroatoms. The van der Waals surface area contributed by atoms with Crippen LogP contribution in [0.1, 0.15) is 30.4 Å². The van der Waals surface area contributed by atoms with Crippen molar-refractivity contribution in [3.63, 3.8) is 0 Å². The Bertz CT molecular complexity index is 322. The van der Waals surface area contributed by atoms with E-state index in [4.69, 9.17) is 21.1 Å². The van der Waals surface area contributed by atoms with E-state index in [1.807, 2.05) is 6.07 Å². The van der Waals surface area contributed by atoms with Gasteiger partial charge in [-0.25, -0.2) is 0 Å². The summed E-state index contributed by atoms with van der Waals surface area (Å²) in [6, 6.07) is 5.32. The lowest BCUT2D eigenvalue weighted by molar-refractivity contribution is -0.106. The van der Waals surface area contributed by atoms with Crippen molar-refractivity contribution in [2.45, 2.75) is 19.3 Å². The third kappa shape index (κ3) is 2.92. The normalized spacial score (nSPS) is 13.2. The number of rotatable bonds is 4. The Balaban J connectivity index is 3.06. The molecule has 0 aliphatic rings. The number of benzene rings is 1. The second-order valence-electron chi connectivity index (χ2n) is 3.26. The van der Waals surface area contributed by atoms with Gasteiger partial charge >= 0.3 is 0 Å². The predicted molar refractivity (Wildman–Crippen MR) is 58.8 cm³/mol. The van der Waals surface area contributed by atoms with Gasteiger partial charge in [-0.2, -0.15) is 0 Å². The van der Waals surface area contributed by atoms with Gasteiger partial charge in [0.2, 0.25) is 0 Å². The van der Waals surface area contributed by atoms with Crippen LogP contribution < -0.4 is 0 Å². The van der Waals surface area contributed by atoms with E-state index < -0.39 is 12.4 Å². The maximum atomic E-state index is 9.49. The Morgan fingerprint density at radius 2 is 1.87 bits per heavy atom. The van der Waals surface area contributed by atoms with E-state index in [2.05, 4.69) is 0 Å². The fourth-order valence-electron chi connectivity index (χ4n) is 1.40. The first-order valence-electron chi connectivity index (χ1n) is 4.63. The van der Waals surface area contributed by atoms with Crippen molar-refractivity contribution in [3.05, 3.63) is 34.3 Å². The number of aliphatic hydroxyl groups excluding tert-OH is 1. The molecule has 0 aromatic heterocycles. The SMILES string of the molecule is COC(OC)c1ccc(Cl)c(C(C)O)c1. The summed E-state index contributed by atoms with van der Waals surface area (Å²) in [4.78, 5) is 0. The van der Waals surface area contributed by atoms with E-state index in [-0.39, 0.29) is 0 Å². The summed E-state index contributed by atoms with van der Waals surface area (Å²) in [5.41, 5.74) is 1.51. The van der Waals surface area contributed by atoms with Gasteiger partial charge in [0.05, 0.1) is 6.10 Å². The van der Waals surface area contributed by atoms with Crippen LogP contribution in [0.25, 0.3) is 0 Å². The Morgan fingerprint density at radius 1 is 1.27 bits per heavy atom. The molecule has 0 fully saturated rings. The molecule has 0 amide bonds. The summed E-state index contributed by atoms with van der Waals surface area (Å²) in [7, 11) is 3.12. The maximum absolute atomic E-state index is 9.49. The molecule has 0 heterocycles. The lowest BCUT2D eigenvalue weighted by Crippen LogP contribution is -2.05. The van der Waals surface area contributed by atoms with E-state index in [0.29, 0.717) is 10.6 Å². The van der Waals surface area contributed by atoms with Crippen molar-refractivity contribution in [1.29, 1.82) is 0 Å². The first-order valence-corrected chi connectivity index (χ1v) is 5.01. The highest BCUT2D eigenvalue weighted by atomic mass is 35.5. The summed E-state index contributed by atoms with van der Waals surface area (Å²) >= 11 is 5.94. The average molecular weight is 231 g/mol. The molecule has 15 heavy (non-hydrogen) atoms. The zero-order valence-corrected chi connectivity index (χ0v) is 9.78. The zero-order chi connectivity index (χ0) is 11.4. The van der Waals surface area contributed by atoms with Crippen molar-refractivity contribution < 1.29 is 14.6 Å². The van der Waals surface area contributed by atoms with Crippen LogP contribution in [-0.2, 0) is 9.47 Å². The van der Waals surface area contributed by atoms with E-state index in [1.54, 1.807) is 33.3 Å². The highest BCUT2D eigenvalue weighted by molar-refractivity contribution is 6.31. The van der Waals surface area contributed by atoms with E-state index in [1.165, 1.54) is 0 Å². The molecule has 1 aromatic carbocycles. The Morgan fingerprint density at radius 3 is 2.33 bits per heavy atom. The summed E-state index contributed by atoms with van der Waals surface area (Å²) in [5, 5.41) is 10.0. The van der Waals surface area contributed by atoms with Crippen LogP contribution in [-0.4, -0.2) is 19.3 Å². The highest BCUT2D eigenvalue weighted by Crippen LogP contribution is 2.27. The number of hydrogen-bond donors (Lipinski definition) is 1. The van der Waals surface area contributed by atoms with Gasteiger partial charge in [0.15, 0.2) is 6.29 Å². The molecule has 0 radical (unpaired) electrons. The number of ether oxygens (including phenoxy) is 2. The first kappa shape index (κ1) is 12.5. The molecule has 3 nitrogen and oxygen atoms in total. The number of hydrogen-bond acceptors (Lipinski definition) is 3. The van der Waals surface area contributed by atoms with Crippen LogP contribution in [0.5, 0.6) is 0 Å². The van der Waals surface area contributed by atoms with E-state index in [9.17, 15) is 5.11 Å². The molecule has 84 valence electrons. The molecule has 0 saturated heterocycles. The predicted octanol–water partition coefficient (Wildman–Crippen LogP) is 2.68. The van der Waals surface area contributed by atoms with Gasteiger partial charge in [-0.3, -0.25) is 0 Å². The standard InChI is InChI=1S/C11H15ClO3/c1-7(13)9-6-8(4-5-10(9)12)11(14-2)15-3/h4-7,11,13H,1-3H3. The lowest BCUT2D eigenvalue weighted by Gasteiger charge is -2.16. The van der Waals surface area contributed by atoms with E-state index in [0.717, 1.165) is 5.56 Å². The maximum Gasteiger partial charge on any atom is 0.183 e. The van der Waals surface area contributed by atoms with Crippen molar-refractivity contribution in [3.8, 4) is 0 Å². The minimum atomic E-state index is -0.605. The molecule has 0 aliphatic carbocycles. The molecular formula is C11H15ClO3. The lowest BCUT2D eigenvalue weighted by atomic mass is 10.1. The van der Waals surface area contributed by atoms with Gasteiger partial charge in [-0.15, -0.1) is 0 Å². The second kappa shape index (κ2) is 5.47. The summed E-state index contributed by atoms with van der Waals surface area (Å²) in [6.45, 7) is 1.67. The molecule has 1 atom stereocenters. The summed E-state index contributed by atoms with van der Waals surface area (Å²) < 4.78 is 10.2. The molecule has 0 saturated carbocycles. The van der Waals surface area contributed by atoms with Crippen LogP contribution in [0.3, 0.4) is 0 Å². The van der Waals surface area contributed by atoms with Gasteiger partial charge in [0, 0.05) is 24.8 Å². The van der Waals surface area contributed by atoms with Crippen LogP contribution in [0.4, 0.5) is 0 Å². The quantitative estimate of drug-likeness (QED) is 0.809. The first-order chi connectivity index (χ1) is 7.10. The van der Waals surface area contributed by atoms with Gasteiger partial charge in [0.25, 0.3) is 0 Å². The van der Waals surface area contributed by atoms with Crippen molar-refractivity contribution >= 4 is 11.6 Å². The Hall–Kier alpha value is -0.610. The summed E-state index contributed by atoms with van der Waals surface area (Å²) in [6.07, 6.45) is -1.04. The van der Waals surface area contributed by atoms with Crippen LogP contribution >= 0.6 is 11.6 Å². The Labute approximate surface area is 94.6 Å². The molecule has 1 rings (SSSR count). The largest absolute Gasteiger partial charge is 0.389 e. The zero-order valence-electron chi connectivity index (χ0n) is 9.03. The monoisotopic (exact) mass is 230 g/mol. The smallest absolute Gasteiger partial charge is 0.183 e. The number of halogens is 1. The Kier molecular flexibility index (Phi) is 4.54. The van der Waals surface area contributed by atoms with Gasteiger partial charge in [0.1, 0.15) is 0 Å². The van der Waals surface area contributed by atoms with Crippen LogP contribution in [0.15, 0.2) is 18.2 Å². The minimum absolute atomic E-state index is 0.431. The number of aliphatic hydroxyl groups is 1.